The minimum absolute atomic E-state index is 0.0609. The summed E-state index contributed by atoms with van der Waals surface area (Å²) in [5.74, 6) is -0.743. The quantitative estimate of drug-likeness (QED) is 0.788. The molecule has 122 valence electrons. The maximum atomic E-state index is 12.4. The molecule has 0 aromatic heterocycles. The molecule has 0 aliphatic rings. The van der Waals surface area contributed by atoms with E-state index in [1.807, 2.05) is 0 Å². The molecule has 0 saturated heterocycles. The number of hydrogen-bond donors (Lipinski definition) is 1. The van der Waals surface area contributed by atoms with E-state index in [0.717, 1.165) is 6.07 Å². The molecule has 2 aromatic rings. The molecule has 0 aliphatic heterocycles. The highest BCUT2D eigenvalue weighted by Gasteiger charge is 2.20. The Bertz CT molecular complexity index is 868. The molecule has 0 radical (unpaired) electrons. The predicted molar refractivity (Wildman–Crippen MR) is 90.1 cm³/mol. The van der Waals surface area contributed by atoms with Gasteiger partial charge in [-0.05, 0) is 30.3 Å². The number of benzene rings is 2. The van der Waals surface area contributed by atoms with Crippen LogP contribution in [0, 0.1) is 0 Å². The smallest absolute Gasteiger partial charge is 0.339 e. The lowest BCUT2D eigenvalue weighted by atomic mass is 10.2. The van der Waals surface area contributed by atoms with Crippen LogP contribution in [0.4, 0.5) is 5.69 Å². The van der Waals surface area contributed by atoms with Crippen molar-refractivity contribution in [2.45, 2.75) is 4.90 Å². The molecule has 0 heterocycles. The highest BCUT2D eigenvalue weighted by molar-refractivity contribution is 7.92. The minimum atomic E-state index is -3.99. The van der Waals surface area contributed by atoms with Crippen LogP contribution in [0.15, 0.2) is 41.3 Å². The molecule has 23 heavy (non-hydrogen) atoms. The Morgan fingerprint density at radius 2 is 1.78 bits per heavy atom. The van der Waals surface area contributed by atoms with Gasteiger partial charge in [0.1, 0.15) is 0 Å². The number of sulfonamides is 1. The lowest BCUT2D eigenvalue weighted by Gasteiger charge is -2.11. The first-order chi connectivity index (χ1) is 10.8. The van der Waals surface area contributed by atoms with Crippen LogP contribution in [-0.4, -0.2) is 21.5 Å². The first-order valence-corrected chi connectivity index (χ1v) is 8.72. The number of rotatable bonds is 4. The zero-order valence-electron chi connectivity index (χ0n) is 11.6. The molecule has 0 saturated carbocycles. The summed E-state index contributed by atoms with van der Waals surface area (Å²) in [4.78, 5) is 11.4. The molecular formula is C14H10Cl3NO4S. The summed E-state index contributed by atoms with van der Waals surface area (Å²) in [5.41, 5.74) is 0.0583. The zero-order valence-corrected chi connectivity index (χ0v) is 14.7. The van der Waals surface area contributed by atoms with Crippen molar-refractivity contribution in [1.29, 1.82) is 0 Å². The summed E-state index contributed by atoms with van der Waals surface area (Å²) in [7, 11) is -2.82. The molecule has 0 amide bonds. The van der Waals surface area contributed by atoms with Gasteiger partial charge in [0, 0.05) is 0 Å². The highest BCUT2D eigenvalue weighted by Crippen LogP contribution is 2.31. The van der Waals surface area contributed by atoms with Gasteiger partial charge in [-0.3, -0.25) is 4.72 Å². The summed E-state index contributed by atoms with van der Waals surface area (Å²) >= 11 is 17.7. The lowest BCUT2D eigenvalue weighted by Crippen LogP contribution is -2.14. The Hall–Kier alpha value is -1.47. The van der Waals surface area contributed by atoms with E-state index in [1.165, 1.54) is 31.4 Å². The van der Waals surface area contributed by atoms with E-state index in [2.05, 4.69) is 9.46 Å². The maximum Gasteiger partial charge on any atom is 0.339 e. The van der Waals surface area contributed by atoms with E-state index in [-0.39, 0.29) is 31.2 Å². The van der Waals surface area contributed by atoms with Gasteiger partial charge in [0.25, 0.3) is 10.0 Å². The van der Waals surface area contributed by atoms with Crippen molar-refractivity contribution < 1.29 is 17.9 Å². The van der Waals surface area contributed by atoms with Crippen molar-refractivity contribution in [3.63, 3.8) is 0 Å². The second-order valence-corrected chi connectivity index (χ2v) is 7.21. The SMILES string of the molecule is COC(=O)c1cc(S(=O)(=O)Nc2cccc(Cl)c2Cl)ccc1Cl. The fourth-order valence-electron chi connectivity index (χ4n) is 1.72. The molecule has 5 nitrogen and oxygen atoms in total. The zero-order chi connectivity index (χ0) is 17.2. The van der Waals surface area contributed by atoms with Crippen LogP contribution in [0.25, 0.3) is 0 Å². The van der Waals surface area contributed by atoms with Gasteiger partial charge < -0.3 is 4.74 Å². The second-order valence-electron chi connectivity index (χ2n) is 4.34. The van der Waals surface area contributed by atoms with E-state index < -0.39 is 16.0 Å². The summed E-state index contributed by atoms with van der Waals surface area (Å²) < 4.78 is 31.7. The topological polar surface area (TPSA) is 72.5 Å². The van der Waals surface area contributed by atoms with Crippen LogP contribution in [0.3, 0.4) is 0 Å². The van der Waals surface area contributed by atoms with Crippen molar-refractivity contribution in [1.82, 2.24) is 0 Å². The van der Waals surface area contributed by atoms with Crippen LogP contribution < -0.4 is 4.72 Å². The largest absolute Gasteiger partial charge is 0.465 e. The molecule has 0 aliphatic carbocycles. The normalized spacial score (nSPS) is 11.1. The van der Waals surface area contributed by atoms with Crippen molar-refractivity contribution in [3.8, 4) is 0 Å². The van der Waals surface area contributed by atoms with E-state index in [9.17, 15) is 13.2 Å². The average molecular weight is 395 g/mol. The third-order valence-electron chi connectivity index (χ3n) is 2.85. The Morgan fingerprint density at radius 1 is 1.09 bits per heavy atom. The summed E-state index contributed by atoms with van der Waals surface area (Å²) in [6.45, 7) is 0. The van der Waals surface area contributed by atoms with Crippen molar-refractivity contribution in [2.75, 3.05) is 11.8 Å². The van der Waals surface area contributed by atoms with Gasteiger partial charge in [-0.2, -0.15) is 0 Å². The third-order valence-corrected chi connectivity index (χ3v) is 5.36. The number of carbonyl (C=O) groups excluding carboxylic acids is 1. The summed E-state index contributed by atoms with van der Waals surface area (Å²) in [6.07, 6.45) is 0. The molecule has 0 atom stereocenters. The molecule has 0 bridgehead atoms. The van der Waals surface area contributed by atoms with Crippen LogP contribution in [0.1, 0.15) is 10.4 Å². The van der Waals surface area contributed by atoms with Gasteiger partial charge in [0.05, 0.1) is 38.3 Å². The fraction of sp³-hybridized carbons (Fsp3) is 0.0714. The Labute approximate surface area is 148 Å². The second kappa shape index (κ2) is 6.97. The van der Waals surface area contributed by atoms with Crippen molar-refractivity contribution in [3.05, 3.63) is 57.0 Å². The monoisotopic (exact) mass is 393 g/mol. The number of hydrogen-bond acceptors (Lipinski definition) is 4. The molecule has 0 spiro atoms. The molecule has 2 rings (SSSR count). The van der Waals surface area contributed by atoms with E-state index >= 15 is 0 Å². The third kappa shape index (κ3) is 3.90. The number of nitrogens with one attached hydrogen (secondary N) is 1. The van der Waals surface area contributed by atoms with Gasteiger partial charge in [-0.15, -0.1) is 0 Å². The van der Waals surface area contributed by atoms with Crippen LogP contribution in [0.2, 0.25) is 15.1 Å². The number of esters is 1. The van der Waals surface area contributed by atoms with Gasteiger partial charge >= 0.3 is 5.97 Å². The highest BCUT2D eigenvalue weighted by atomic mass is 35.5. The number of anilines is 1. The molecular weight excluding hydrogens is 385 g/mol. The standard InChI is InChI=1S/C14H10Cl3NO4S/c1-22-14(19)9-7-8(5-6-10(9)15)23(20,21)18-12-4-2-3-11(16)13(12)17/h2-7,18H,1H3. The number of methoxy groups -OCH3 is 1. The van der Waals surface area contributed by atoms with E-state index in [4.69, 9.17) is 34.8 Å². The summed E-state index contributed by atoms with van der Waals surface area (Å²) in [5, 5.41) is 0.356. The van der Waals surface area contributed by atoms with Gasteiger partial charge in [-0.1, -0.05) is 40.9 Å². The van der Waals surface area contributed by atoms with Gasteiger partial charge in [0.15, 0.2) is 0 Å². The number of carbonyl (C=O) groups is 1. The van der Waals surface area contributed by atoms with Crippen LogP contribution in [0.5, 0.6) is 0 Å². The Morgan fingerprint density at radius 3 is 2.43 bits per heavy atom. The van der Waals surface area contributed by atoms with E-state index in [1.54, 1.807) is 6.07 Å². The predicted octanol–water partition coefficient (Wildman–Crippen LogP) is 4.23. The molecule has 1 N–H and O–H groups in total. The van der Waals surface area contributed by atoms with Gasteiger partial charge in [0.2, 0.25) is 0 Å². The molecule has 9 heteroatoms. The fourth-order valence-corrected chi connectivity index (χ4v) is 3.42. The van der Waals surface area contributed by atoms with E-state index in [0.29, 0.717) is 0 Å². The first kappa shape index (κ1) is 17.9. The number of ether oxygens (including phenoxy) is 1. The Kier molecular flexibility index (Phi) is 5.41. The van der Waals surface area contributed by atoms with Crippen molar-refractivity contribution in [2.24, 2.45) is 0 Å². The molecule has 0 fully saturated rings. The van der Waals surface area contributed by atoms with Crippen molar-refractivity contribution >= 4 is 56.5 Å². The summed E-state index contributed by atoms with van der Waals surface area (Å²) in [6, 6.07) is 8.21. The Balaban J connectivity index is 2.44. The first-order valence-electron chi connectivity index (χ1n) is 6.11. The lowest BCUT2D eigenvalue weighted by molar-refractivity contribution is 0.0600. The van der Waals surface area contributed by atoms with Gasteiger partial charge in [-0.25, -0.2) is 13.2 Å². The molecule has 0 unspecified atom stereocenters. The maximum absolute atomic E-state index is 12.4. The van der Waals surface area contributed by atoms with Crippen LogP contribution in [-0.2, 0) is 14.8 Å². The molecule has 2 aromatic carbocycles. The minimum Gasteiger partial charge on any atom is -0.465 e. The van der Waals surface area contributed by atoms with Crippen LogP contribution >= 0.6 is 34.8 Å². The average Bonchev–Trinajstić information content (AvgIpc) is 2.51. The number of halogens is 3.